The lowest BCUT2D eigenvalue weighted by molar-refractivity contribution is -0.128. The van der Waals surface area contributed by atoms with E-state index in [2.05, 4.69) is 5.32 Å². The van der Waals surface area contributed by atoms with E-state index in [1.54, 1.807) is 12.1 Å². The molecule has 1 aromatic rings. The molecule has 1 aliphatic rings. The van der Waals surface area contributed by atoms with E-state index in [4.69, 9.17) is 0 Å². The van der Waals surface area contributed by atoms with E-state index in [-0.39, 0.29) is 19.0 Å². The fourth-order valence-corrected chi connectivity index (χ4v) is 4.45. The normalized spacial score (nSPS) is 20.1. The third kappa shape index (κ3) is 4.24. The van der Waals surface area contributed by atoms with Crippen molar-refractivity contribution < 1.29 is 17.6 Å². The summed E-state index contributed by atoms with van der Waals surface area (Å²) in [6, 6.07) is 5.37. The van der Waals surface area contributed by atoms with Crippen molar-refractivity contribution in [3.8, 4) is 0 Å². The second-order valence-corrected chi connectivity index (χ2v) is 8.01. The van der Waals surface area contributed by atoms with Crippen molar-refractivity contribution >= 4 is 28.3 Å². The monoisotopic (exact) mass is 379 g/mol. The highest BCUT2D eigenvalue weighted by Gasteiger charge is 2.40. The lowest BCUT2D eigenvalue weighted by Gasteiger charge is -2.37. The summed E-state index contributed by atoms with van der Waals surface area (Å²) < 4.78 is 40.5. The van der Waals surface area contributed by atoms with Gasteiger partial charge in [0.1, 0.15) is 5.82 Å². The number of rotatable bonds is 4. The van der Waals surface area contributed by atoms with Crippen LogP contribution >= 0.6 is 12.4 Å². The second kappa shape index (κ2) is 8.24. The van der Waals surface area contributed by atoms with E-state index in [0.717, 1.165) is 0 Å². The van der Waals surface area contributed by atoms with E-state index in [1.807, 2.05) is 0 Å². The maximum absolute atomic E-state index is 13.5. The average Bonchev–Trinajstić information content (AvgIpc) is 2.53. The van der Waals surface area contributed by atoms with Crippen LogP contribution in [-0.4, -0.2) is 62.5 Å². The molecule has 1 heterocycles. The van der Waals surface area contributed by atoms with Crippen LogP contribution in [0.2, 0.25) is 0 Å². The van der Waals surface area contributed by atoms with Gasteiger partial charge in [0, 0.05) is 33.7 Å². The molecule has 24 heavy (non-hydrogen) atoms. The summed E-state index contributed by atoms with van der Waals surface area (Å²) >= 11 is 0. The first kappa shape index (κ1) is 20.8. The summed E-state index contributed by atoms with van der Waals surface area (Å²) in [6.07, 6.45) is 0. The molecule has 0 saturated carbocycles. The van der Waals surface area contributed by atoms with Crippen LogP contribution in [-0.2, 0) is 14.8 Å². The maximum atomic E-state index is 13.5. The number of sulfonamides is 1. The number of hydrogen-bond donors (Lipinski definition) is 1. The Morgan fingerprint density at radius 1 is 1.42 bits per heavy atom. The fourth-order valence-electron chi connectivity index (χ4n) is 2.68. The Kier molecular flexibility index (Phi) is 7.15. The first-order valence-corrected chi connectivity index (χ1v) is 8.93. The van der Waals surface area contributed by atoms with Crippen molar-refractivity contribution in [1.82, 2.24) is 14.5 Å². The van der Waals surface area contributed by atoms with Gasteiger partial charge in [-0.1, -0.05) is 12.1 Å². The zero-order valence-corrected chi connectivity index (χ0v) is 15.5. The molecule has 1 saturated heterocycles. The fraction of sp³-hybridized carbons (Fsp3) is 0.533. The second-order valence-electron chi connectivity index (χ2n) is 5.81. The molecule has 0 aromatic heterocycles. The van der Waals surface area contributed by atoms with Gasteiger partial charge < -0.3 is 10.2 Å². The molecule has 1 amide bonds. The number of carbonyl (C=O) groups is 1. The molecule has 2 rings (SSSR count). The molecule has 1 aromatic carbocycles. The number of hydrogen-bond acceptors (Lipinski definition) is 4. The van der Waals surface area contributed by atoms with Crippen molar-refractivity contribution in [3.05, 3.63) is 35.6 Å². The van der Waals surface area contributed by atoms with Crippen LogP contribution in [0.15, 0.2) is 24.3 Å². The zero-order chi connectivity index (χ0) is 17.2. The van der Waals surface area contributed by atoms with E-state index in [1.165, 1.54) is 42.4 Å². The molecule has 136 valence electrons. The van der Waals surface area contributed by atoms with E-state index < -0.39 is 33.0 Å². The first-order valence-electron chi connectivity index (χ1n) is 7.43. The molecule has 1 fully saturated rings. The Balaban J connectivity index is 0.00000288. The summed E-state index contributed by atoms with van der Waals surface area (Å²) in [5.74, 6) is -0.885. The van der Waals surface area contributed by atoms with Gasteiger partial charge in [0.05, 0.1) is 6.04 Å². The highest BCUT2D eigenvalue weighted by molar-refractivity contribution is 7.90. The minimum atomic E-state index is -3.84. The van der Waals surface area contributed by atoms with Crippen LogP contribution in [0.25, 0.3) is 0 Å². The van der Waals surface area contributed by atoms with Crippen molar-refractivity contribution in [2.24, 2.45) is 0 Å². The SMILES string of the molecule is CC(C(=O)N(C)C)S(=O)(=O)N1CCNCC1c1cccc(F)c1.Cl. The summed E-state index contributed by atoms with van der Waals surface area (Å²) in [4.78, 5) is 13.3. The Bertz CT molecular complexity index is 684. The van der Waals surface area contributed by atoms with Gasteiger partial charge in [-0.3, -0.25) is 4.79 Å². The number of nitrogens with zero attached hydrogens (tertiary/aromatic N) is 2. The predicted octanol–water partition coefficient (Wildman–Crippen LogP) is 1.00. The smallest absolute Gasteiger partial charge is 0.241 e. The molecule has 2 atom stereocenters. The third-order valence-electron chi connectivity index (χ3n) is 3.99. The Morgan fingerprint density at radius 3 is 2.67 bits per heavy atom. The molecule has 6 nitrogen and oxygen atoms in total. The average molecular weight is 380 g/mol. The minimum Gasteiger partial charge on any atom is -0.348 e. The van der Waals surface area contributed by atoms with Crippen LogP contribution in [0.3, 0.4) is 0 Å². The van der Waals surface area contributed by atoms with E-state index in [9.17, 15) is 17.6 Å². The van der Waals surface area contributed by atoms with Crippen molar-refractivity contribution in [2.45, 2.75) is 18.2 Å². The topological polar surface area (TPSA) is 69.7 Å². The van der Waals surface area contributed by atoms with Crippen molar-refractivity contribution in [2.75, 3.05) is 33.7 Å². The molecule has 0 aliphatic carbocycles. The van der Waals surface area contributed by atoms with Crippen LogP contribution in [0, 0.1) is 5.82 Å². The Hall–Kier alpha value is -1.22. The molecule has 1 N–H and O–H groups in total. The van der Waals surface area contributed by atoms with Crippen LogP contribution in [0.5, 0.6) is 0 Å². The quantitative estimate of drug-likeness (QED) is 0.847. The summed E-state index contributed by atoms with van der Waals surface area (Å²) in [7, 11) is -0.789. The van der Waals surface area contributed by atoms with Gasteiger partial charge >= 0.3 is 0 Å². The highest BCUT2D eigenvalue weighted by atomic mass is 35.5. The first-order chi connectivity index (χ1) is 10.7. The van der Waals surface area contributed by atoms with Gasteiger partial charge in [-0.05, 0) is 24.6 Å². The third-order valence-corrected chi connectivity index (χ3v) is 6.18. The standard InChI is InChI=1S/C15H22FN3O3S.ClH/c1-11(15(20)18(2)3)23(21,22)19-8-7-17-10-14(19)12-5-4-6-13(16)9-12;/h4-6,9,11,14,17H,7-8,10H2,1-3H3;1H. The van der Waals surface area contributed by atoms with Crippen LogP contribution < -0.4 is 5.32 Å². The number of nitrogens with one attached hydrogen (secondary N) is 1. The predicted molar refractivity (Wildman–Crippen MR) is 93.0 cm³/mol. The Labute approximate surface area is 148 Å². The van der Waals surface area contributed by atoms with Gasteiger partial charge in [-0.2, -0.15) is 4.31 Å². The summed E-state index contributed by atoms with van der Waals surface area (Å²) in [5.41, 5.74) is 0.574. The van der Waals surface area contributed by atoms with Gasteiger partial charge in [-0.25, -0.2) is 12.8 Å². The summed E-state index contributed by atoms with van der Waals surface area (Å²) in [6.45, 7) is 2.51. The zero-order valence-electron chi connectivity index (χ0n) is 13.9. The molecule has 0 spiro atoms. The highest BCUT2D eigenvalue weighted by Crippen LogP contribution is 2.27. The van der Waals surface area contributed by atoms with Crippen molar-refractivity contribution in [1.29, 1.82) is 0 Å². The van der Waals surface area contributed by atoms with Crippen molar-refractivity contribution in [3.63, 3.8) is 0 Å². The van der Waals surface area contributed by atoms with Crippen LogP contribution in [0.4, 0.5) is 4.39 Å². The lowest BCUT2D eigenvalue weighted by Crippen LogP contribution is -2.53. The lowest BCUT2D eigenvalue weighted by atomic mass is 10.1. The van der Waals surface area contributed by atoms with Gasteiger partial charge in [0.25, 0.3) is 0 Å². The molecule has 0 radical (unpaired) electrons. The number of benzene rings is 1. The number of amides is 1. The molecule has 2 unspecified atom stereocenters. The van der Waals surface area contributed by atoms with Gasteiger partial charge in [0.15, 0.2) is 5.25 Å². The van der Waals surface area contributed by atoms with E-state index >= 15 is 0 Å². The van der Waals surface area contributed by atoms with Gasteiger partial charge in [0.2, 0.25) is 15.9 Å². The van der Waals surface area contributed by atoms with E-state index in [0.29, 0.717) is 18.7 Å². The number of piperazine rings is 1. The summed E-state index contributed by atoms with van der Waals surface area (Å²) in [5, 5.41) is 1.95. The largest absolute Gasteiger partial charge is 0.348 e. The number of halogens is 2. The Morgan fingerprint density at radius 2 is 2.08 bits per heavy atom. The van der Waals surface area contributed by atoms with Gasteiger partial charge in [-0.15, -0.1) is 12.4 Å². The molecular weight excluding hydrogens is 357 g/mol. The van der Waals surface area contributed by atoms with Crippen LogP contribution in [0.1, 0.15) is 18.5 Å². The molecule has 9 heteroatoms. The minimum absolute atomic E-state index is 0. The molecular formula is C15H23ClFN3O3S. The maximum Gasteiger partial charge on any atom is 0.241 e. The number of carbonyl (C=O) groups excluding carboxylic acids is 1. The molecule has 1 aliphatic heterocycles. The molecule has 0 bridgehead atoms.